The number of aliphatic hydroxyl groups excluding tert-OH is 2. The number of aliphatic hydroxyl groups is 2. The number of nitro benzene ring substituents is 1. The molecular weight excluding hydrogens is 271 g/mol. The fraction of sp³-hybridized carbons (Fsp3) is 0.400. The van der Waals surface area contributed by atoms with E-state index in [0.717, 1.165) is 12.1 Å². The van der Waals surface area contributed by atoms with Gasteiger partial charge in [-0.1, -0.05) is 0 Å². The molecule has 1 aromatic rings. The van der Waals surface area contributed by atoms with E-state index in [0.29, 0.717) is 0 Å². The van der Waals surface area contributed by atoms with Crippen LogP contribution in [-0.4, -0.2) is 34.0 Å². The van der Waals surface area contributed by atoms with E-state index >= 15 is 0 Å². The van der Waals surface area contributed by atoms with Gasteiger partial charge in [0.05, 0.1) is 11.5 Å². The van der Waals surface area contributed by atoms with Gasteiger partial charge in [0.15, 0.2) is 11.9 Å². The topological polar surface area (TPSA) is 92.8 Å². The Morgan fingerprint density at radius 1 is 1.42 bits per heavy atom. The highest BCUT2D eigenvalue weighted by Crippen LogP contribution is 2.29. The molecule has 0 aromatic heterocycles. The summed E-state index contributed by atoms with van der Waals surface area (Å²) in [4.78, 5) is 9.80. The van der Waals surface area contributed by atoms with E-state index < -0.39 is 41.9 Å². The van der Waals surface area contributed by atoms with Gasteiger partial charge in [0, 0.05) is 6.07 Å². The molecule has 0 amide bonds. The van der Waals surface area contributed by atoms with Crippen molar-refractivity contribution in [3.8, 4) is 5.75 Å². The molecule has 106 valence electrons. The van der Waals surface area contributed by atoms with Crippen molar-refractivity contribution in [2.24, 2.45) is 0 Å². The number of ether oxygens (including phenoxy) is 1. The Bertz CT molecular complexity index is 463. The van der Waals surface area contributed by atoms with Gasteiger partial charge in [-0.2, -0.15) is 13.2 Å². The van der Waals surface area contributed by atoms with Gasteiger partial charge in [0.25, 0.3) is 0 Å². The fourth-order valence-corrected chi connectivity index (χ4v) is 1.19. The van der Waals surface area contributed by atoms with Gasteiger partial charge in [-0.05, 0) is 17.7 Å². The number of benzene rings is 1. The summed E-state index contributed by atoms with van der Waals surface area (Å²) in [6.45, 7) is -1.62. The Kier molecular flexibility index (Phi) is 4.67. The van der Waals surface area contributed by atoms with E-state index in [-0.39, 0.29) is 5.56 Å². The number of nitro groups is 1. The molecule has 1 atom stereocenters. The summed E-state index contributed by atoms with van der Waals surface area (Å²) in [6.07, 6.45) is -7.62. The zero-order valence-electron chi connectivity index (χ0n) is 9.42. The summed E-state index contributed by atoms with van der Waals surface area (Å²) in [6, 6.07) is 3.28. The molecule has 1 aromatic carbocycles. The molecule has 6 nitrogen and oxygen atoms in total. The number of halogens is 3. The molecule has 0 saturated heterocycles. The number of nitrogens with zero attached hydrogens (tertiary/aromatic N) is 1. The summed E-state index contributed by atoms with van der Waals surface area (Å²) in [5.41, 5.74) is -0.311. The molecule has 0 spiro atoms. The lowest BCUT2D eigenvalue weighted by Gasteiger charge is -2.15. The zero-order chi connectivity index (χ0) is 14.6. The van der Waals surface area contributed by atoms with Crippen LogP contribution in [0.1, 0.15) is 5.56 Å². The molecule has 0 heterocycles. The Hall–Kier alpha value is -1.87. The summed E-state index contributed by atoms with van der Waals surface area (Å²) in [5, 5.41) is 28.2. The maximum absolute atomic E-state index is 12.1. The van der Waals surface area contributed by atoms with Crippen LogP contribution in [0.5, 0.6) is 5.75 Å². The predicted molar refractivity (Wildman–Crippen MR) is 56.6 cm³/mol. The summed E-state index contributed by atoms with van der Waals surface area (Å²) >= 11 is 0. The van der Waals surface area contributed by atoms with E-state index in [1.807, 2.05) is 0 Å². The molecule has 1 unspecified atom stereocenters. The van der Waals surface area contributed by atoms with Crippen LogP contribution in [0, 0.1) is 10.1 Å². The van der Waals surface area contributed by atoms with Crippen molar-refractivity contribution in [1.82, 2.24) is 0 Å². The first-order chi connectivity index (χ1) is 8.75. The molecular formula is C10H10F3NO5. The average Bonchev–Trinajstić information content (AvgIpc) is 2.33. The van der Waals surface area contributed by atoms with Gasteiger partial charge < -0.3 is 14.9 Å². The third kappa shape index (κ3) is 4.07. The van der Waals surface area contributed by atoms with Crippen molar-refractivity contribution in [1.29, 1.82) is 0 Å². The predicted octanol–water partition coefficient (Wildman–Crippen LogP) is 1.39. The number of alkyl halides is 3. The zero-order valence-corrected chi connectivity index (χ0v) is 9.42. The SMILES string of the molecule is O=[N+]([O-])c1ccc(CO)cc1OCC(O)C(F)(F)F. The molecule has 0 aliphatic rings. The second-order valence-electron chi connectivity index (χ2n) is 3.59. The number of rotatable bonds is 5. The maximum Gasteiger partial charge on any atom is 0.417 e. The average molecular weight is 281 g/mol. The first-order valence-electron chi connectivity index (χ1n) is 5.01. The molecule has 2 N–H and O–H groups in total. The Morgan fingerprint density at radius 2 is 2.05 bits per heavy atom. The Morgan fingerprint density at radius 3 is 2.53 bits per heavy atom. The van der Waals surface area contributed by atoms with E-state index in [2.05, 4.69) is 4.74 Å². The molecule has 0 fully saturated rings. The summed E-state index contributed by atoms with van der Waals surface area (Å²) in [7, 11) is 0. The molecule has 19 heavy (non-hydrogen) atoms. The second kappa shape index (κ2) is 5.85. The lowest BCUT2D eigenvalue weighted by atomic mass is 10.2. The third-order valence-corrected chi connectivity index (χ3v) is 2.18. The quantitative estimate of drug-likeness (QED) is 0.628. The minimum Gasteiger partial charge on any atom is -0.484 e. The lowest BCUT2D eigenvalue weighted by molar-refractivity contribution is -0.386. The van der Waals surface area contributed by atoms with Crippen molar-refractivity contribution in [2.45, 2.75) is 18.9 Å². The summed E-state index contributed by atoms with van der Waals surface area (Å²) < 4.78 is 40.8. The van der Waals surface area contributed by atoms with Crippen LogP contribution in [0.15, 0.2) is 18.2 Å². The highest BCUT2D eigenvalue weighted by molar-refractivity contribution is 5.48. The highest BCUT2D eigenvalue weighted by atomic mass is 19.4. The largest absolute Gasteiger partial charge is 0.484 e. The molecule has 0 radical (unpaired) electrons. The summed E-state index contributed by atoms with van der Waals surface area (Å²) in [5.74, 6) is -0.445. The molecule has 0 saturated carbocycles. The van der Waals surface area contributed by atoms with Crippen molar-refractivity contribution in [3.05, 3.63) is 33.9 Å². The molecule has 0 bridgehead atoms. The molecule has 0 aliphatic heterocycles. The van der Waals surface area contributed by atoms with Crippen LogP contribution in [0.3, 0.4) is 0 Å². The van der Waals surface area contributed by atoms with Crippen molar-refractivity contribution < 1.29 is 33.0 Å². The molecule has 1 rings (SSSR count). The Balaban J connectivity index is 2.89. The third-order valence-electron chi connectivity index (χ3n) is 2.18. The maximum atomic E-state index is 12.1. The standard InChI is InChI=1S/C10H10F3NO5/c11-10(12,13)9(16)5-19-8-3-6(4-15)1-2-7(8)14(17)18/h1-3,9,15-16H,4-5H2. The van der Waals surface area contributed by atoms with Crippen molar-refractivity contribution >= 4 is 5.69 Å². The van der Waals surface area contributed by atoms with E-state index in [1.165, 1.54) is 6.07 Å². The normalized spacial score (nSPS) is 13.1. The highest BCUT2D eigenvalue weighted by Gasteiger charge is 2.39. The molecule has 9 heteroatoms. The van der Waals surface area contributed by atoms with Crippen LogP contribution in [0.25, 0.3) is 0 Å². The van der Waals surface area contributed by atoms with Crippen molar-refractivity contribution in [3.63, 3.8) is 0 Å². The van der Waals surface area contributed by atoms with Gasteiger partial charge in [-0.3, -0.25) is 10.1 Å². The Labute approximate surface area is 105 Å². The monoisotopic (exact) mass is 281 g/mol. The fourth-order valence-electron chi connectivity index (χ4n) is 1.19. The second-order valence-corrected chi connectivity index (χ2v) is 3.59. The van der Waals surface area contributed by atoms with Crippen LogP contribution in [-0.2, 0) is 6.61 Å². The van der Waals surface area contributed by atoms with Gasteiger partial charge in [0.2, 0.25) is 0 Å². The van der Waals surface area contributed by atoms with E-state index in [4.69, 9.17) is 10.2 Å². The minimum absolute atomic E-state index is 0.238. The van der Waals surface area contributed by atoms with Crippen molar-refractivity contribution in [2.75, 3.05) is 6.61 Å². The van der Waals surface area contributed by atoms with Crippen LogP contribution < -0.4 is 4.74 Å². The van der Waals surface area contributed by atoms with Crippen LogP contribution in [0.2, 0.25) is 0 Å². The van der Waals surface area contributed by atoms with E-state index in [9.17, 15) is 23.3 Å². The minimum atomic E-state index is -4.87. The van der Waals surface area contributed by atoms with Gasteiger partial charge in [-0.15, -0.1) is 0 Å². The number of hydrogen-bond acceptors (Lipinski definition) is 5. The first-order valence-corrected chi connectivity index (χ1v) is 5.01. The van der Waals surface area contributed by atoms with Crippen LogP contribution in [0.4, 0.5) is 18.9 Å². The van der Waals surface area contributed by atoms with E-state index in [1.54, 1.807) is 0 Å². The van der Waals surface area contributed by atoms with Crippen LogP contribution >= 0.6 is 0 Å². The van der Waals surface area contributed by atoms with Gasteiger partial charge in [-0.25, -0.2) is 0 Å². The molecule has 0 aliphatic carbocycles. The lowest BCUT2D eigenvalue weighted by Crippen LogP contribution is -2.34. The first kappa shape index (κ1) is 15.2. The van der Waals surface area contributed by atoms with Gasteiger partial charge >= 0.3 is 11.9 Å². The number of hydrogen-bond donors (Lipinski definition) is 2. The smallest absolute Gasteiger partial charge is 0.417 e. The van der Waals surface area contributed by atoms with Gasteiger partial charge in [0.1, 0.15) is 6.61 Å².